The predicted octanol–water partition coefficient (Wildman–Crippen LogP) is 2.70. The largest absolute Gasteiger partial charge is 0.366 e. The third-order valence-electron chi connectivity index (χ3n) is 4.29. The number of nitrogen functional groups attached to an aromatic ring is 1. The van der Waals surface area contributed by atoms with E-state index in [2.05, 4.69) is 46.3 Å². The standard InChI is InChI=1S/C16H17N5/c1-10-8-12(9-21-15(10)19-16(17)20-21)13-6-2-4-11-5-3-7-18-14(11)13/h2-7,10,12H,8-9H2,1H3,(H2,17,20). The third kappa shape index (κ3) is 1.96. The van der Waals surface area contributed by atoms with Crippen molar-refractivity contribution in [1.29, 1.82) is 0 Å². The summed E-state index contributed by atoms with van der Waals surface area (Å²) in [5.74, 6) is 2.12. The van der Waals surface area contributed by atoms with Gasteiger partial charge in [-0.15, -0.1) is 5.10 Å². The van der Waals surface area contributed by atoms with Crippen molar-refractivity contribution in [3.05, 3.63) is 47.9 Å². The first-order chi connectivity index (χ1) is 10.2. The van der Waals surface area contributed by atoms with E-state index < -0.39 is 0 Å². The zero-order valence-electron chi connectivity index (χ0n) is 11.9. The van der Waals surface area contributed by atoms with Gasteiger partial charge in [-0.1, -0.05) is 31.2 Å². The maximum atomic E-state index is 5.74. The van der Waals surface area contributed by atoms with Crippen molar-refractivity contribution in [2.75, 3.05) is 5.73 Å². The number of hydrogen-bond acceptors (Lipinski definition) is 4. The number of nitrogens with two attached hydrogens (primary N) is 1. The van der Waals surface area contributed by atoms with Crippen LogP contribution in [0.2, 0.25) is 0 Å². The van der Waals surface area contributed by atoms with Gasteiger partial charge in [-0.05, 0) is 18.1 Å². The highest BCUT2D eigenvalue weighted by Gasteiger charge is 2.29. The Morgan fingerprint density at radius 1 is 1.24 bits per heavy atom. The second kappa shape index (κ2) is 4.55. The second-order valence-electron chi connectivity index (χ2n) is 5.77. The molecule has 2 aromatic heterocycles. The molecule has 3 heterocycles. The van der Waals surface area contributed by atoms with Gasteiger partial charge in [0.15, 0.2) is 0 Å². The molecule has 106 valence electrons. The molecule has 0 aliphatic carbocycles. The van der Waals surface area contributed by atoms with E-state index in [0.717, 1.165) is 24.3 Å². The van der Waals surface area contributed by atoms with Crippen molar-refractivity contribution in [2.24, 2.45) is 0 Å². The quantitative estimate of drug-likeness (QED) is 0.743. The van der Waals surface area contributed by atoms with Crippen LogP contribution in [0.25, 0.3) is 10.9 Å². The van der Waals surface area contributed by atoms with Crippen molar-refractivity contribution in [3.8, 4) is 0 Å². The first-order valence-corrected chi connectivity index (χ1v) is 7.26. The van der Waals surface area contributed by atoms with Crippen LogP contribution in [0.3, 0.4) is 0 Å². The van der Waals surface area contributed by atoms with E-state index >= 15 is 0 Å². The molecule has 0 radical (unpaired) electrons. The van der Waals surface area contributed by atoms with Crippen molar-refractivity contribution in [3.63, 3.8) is 0 Å². The molecule has 2 N–H and O–H groups in total. The number of benzene rings is 1. The summed E-state index contributed by atoms with van der Waals surface area (Å²) in [6, 6.07) is 10.5. The van der Waals surface area contributed by atoms with Gasteiger partial charge in [0, 0.05) is 23.4 Å². The van der Waals surface area contributed by atoms with Crippen molar-refractivity contribution >= 4 is 16.9 Å². The average Bonchev–Trinajstić information content (AvgIpc) is 2.87. The summed E-state index contributed by atoms with van der Waals surface area (Å²) in [4.78, 5) is 8.91. The summed E-state index contributed by atoms with van der Waals surface area (Å²) in [6.07, 6.45) is 2.91. The summed E-state index contributed by atoms with van der Waals surface area (Å²) in [7, 11) is 0. The Bertz CT molecular complexity index is 802. The fraction of sp³-hybridized carbons (Fsp3) is 0.312. The lowest BCUT2D eigenvalue weighted by molar-refractivity contribution is 0.384. The zero-order valence-corrected chi connectivity index (χ0v) is 11.9. The molecule has 1 aliphatic rings. The molecule has 0 saturated heterocycles. The average molecular weight is 279 g/mol. The molecule has 0 spiro atoms. The smallest absolute Gasteiger partial charge is 0.239 e. The van der Waals surface area contributed by atoms with Crippen LogP contribution in [-0.4, -0.2) is 19.7 Å². The summed E-state index contributed by atoms with van der Waals surface area (Å²) >= 11 is 0. The van der Waals surface area contributed by atoms with Crippen LogP contribution >= 0.6 is 0 Å². The molecular weight excluding hydrogens is 262 g/mol. The van der Waals surface area contributed by atoms with Crippen molar-refractivity contribution in [2.45, 2.75) is 31.7 Å². The normalized spacial score (nSPS) is 21.4. The zero-order chi connectivity index (χ0) is 14.4. The van der Waals surface area contributed by atoms with Gasteiger partial charge in [0.2, 0.25) is 5.95 Å². The lowest BCUT2D eigenvalue weighted by Crippen LogP contribution is -2.22. The number of fused-ring (bicyclic) bond motifs is 2. The molecule has 4 rings (SSSR count). The summed E-state index contributed by atoms with van der Waals surface area (Å²) in [5, 5.41) is 5.51. The number of anilines is 1. The molecule has 1 aromatic carbocycles. The fourth-order valence-electron chi connectivity index (χ4n) is 3.37. The van der Waals surface area contributed by atoms with Gasteiger partial charge in [-0.25, -0.2) is 4.68 Å². The van der Waals surface area contributed by atoms with Gasteiger partial charge in [0.1, 0.15) is 5.82 Å². The Morgan fingerprint density at radius 3 is 3.00 bits per heavy atom. The topological polar surface area (TPSA) is 69.6 Å². The molecule has 1 aliphatic heterocycles. The Labute approximate surface area is 122 Å². The Balaban J connectivity index is 1.80. The fourth-order valence-corrected chi connectivity index (χ4v) is 3.37. The molecule has 2 atom stereocenters. The van der Waals surface area contributed by atoms with Crippen LogP contribution in [0.15, 0.2) is 36.5 Å². The number of para-hydroxylation sites is 1. The maximum Gasteiger partial charge on any atom is 0.239 e. The minimum atomic E-state index is 0.354. The SMILES string of the molecule is CC1CC(c2cccc3cccnc23)Cn2nc(N)nc21. The van der Waals surface area contributed by atoms with Crippen LogP contribution < -0.4 is 5.73 Å². The van der Waals surface area contributed by atoms with Gasteiger partial charge in [0.05, 0.1) is 12.1 Å². The van der Waals surface area contributed by atoms with Gasteiger partial charge >= 0.3 is 0 Å². The highest BCUT2D eigenvalue weighted by Crippen LogP contribution is 2.37. The monoisotopic (exact) mass is 279 g/mol. The van der Waals surface area contributed by atoms with Crippen molar-refractivity contribution in [1.82, 2.24) is 19.7 Å². The number of hydrogen-bond donors (Lipinski definition) is 1. The van der Waals surface area contributed by atoms with E-state index in [4.69, 9.17) is 5.73 Å². The highest BCUT2D eigenvalue weighted by atomic mass is 15.4. The minimum absolute atomic E-state index is 0.354. The Morgan fingerprint density at radius 2 is 2.10 bits per heavy atom. The van der Waals surface area contributed by atoms with Gasteiger partial charge in [0.25, 0.3) is 0 Å². The van der Waals surface area contributed by atoms with E-state index in [1.54, 1.807) is 0 Å². The van der Waals surface area contributed by atoms with Gasteiger partial charge < -0.3 is 5.73 Å². The predicted molar refractivity (Wildman–Crippen MR) is 82.0 cm³/mol. The first kappa shape index (κ1) is 12.3. The summed E-state index contributed by atoms with van der Waals surface area (Å²) < 4.78 is 1.95. The van der Waals surface area contributed by atoms with E-state index in [1.807, 2.05) is 16.9 Å². The lowest BCUT2D eigenvalue weighted by Gasteiger charge is -2.27. The second-order valence-corrected chi connectivity index (χ2v) is 5.77. The molecule has 21 heavy (non-hydrogen) atoms. The lowest BCUT2D eigenvalue weighted by atomic mass is 9.85. The molecule has 0 saturated carbocycles. The van der Waals surface area contributed by atoms with Crippen LogP contribution in [0.1, 0.15) is 36.6 Å². The van der Waals surface area contributed by atoms with Crippen LogP contribution in [0.4, 0.5) is 5.95 Å². The van der Waals surface area contributed by atoms with E-state index in [9.17, 15) is 0 Å². The minimum Gasteiger partial charge on any atom is -0.366 e. The van der Waals surface area contributed by atoms with Gasteiger partial charge in [-0.2, -0.15) is 4.98 Å². The molecule has 5 nitrogen and oxygen atoms in total. The number of pyridine rings is 1. The molecule has 3 aromatic rings. The molecule has 5 heteroatoms. The number of rotatable bonds is 1. The van der Waals surface area contributed by atoms with Crippen LogP contribution in [0, 0.1) is 0 Å². The molecule has 0 amide bonds. The molecule has 0 fully saturated rings. The molecular formula is C16H17N5. The number of nitrogens with zero attached hydrogens (tertiary/aromatic N) is 4. The Kier molecular flexibility index (Phi) is 2.67. The van der Waals surface area contributed by atoms with Crippen LogP contribution in [0.5, 0.6) is 0 Å². The summed E-state index contributed by atoms with van der Waals surface area (Å²) in [5.41, 5.74) is 8.12. The highest BCUT2D eigenvalue weighted by molar-refractivity contribution is 5.82. The summed E-state index contributed by atoms with van der Waals surface area (Å²) in [6.45, 7) is 3.00. The van der Waals surface area contributed by atoms with E-state index in [1.165, 1.54) is 10.9 Å². The van der Waals surface area contributed by atoms with Gasteiger partial charge in [-0.3, -0.25) is 4.98 Å². The Hall–Kier alpha value is -2.43. The number of aromatic nitrogens is 4. The molecule has 2 unspecified atom stereocenters. The maximum absolute atomic E-state index is 5.74. The van der Waals surface area contributed by atoms with E-state index in [0.29, 0.717) is 17.8 Å². The third-order valence-corrected chi connectivity index (χ3v) is 4.29. The van der Waals surface area contributed by atoms with Crippen molar-refractivity contribution < 1.29 is 0 Å². The van der Waals surface area contributed by atoms with E-state index in [-0.39, 0.29) is 0 Å². The first-order valence-electron chi connectivity index (χ1n) is 7.26. The molecule has 0 bridgehead atoms. The van der Waals surface area contributed by atoms with Crippen LogP contribution in [-0.2, 0) is 6.54 Å².